The van der Waals surface area contributed by atoms with E-state index in [2.05, 4.69) is 15.4 Å². The number of carboxylic acid groups (broad SMARTS) is 2. The van der Waals surface area contributed by atoms with Crippen LogP contribution in [0.15, 0.2) is 24.3 Å². The second-order valence-corrected chi connectivity index (χ2v) is 6.60. The van der Waals surface area contributed by atoms with E-state index in [9.17, 15) is 24.6 Å². The smallest absolute Gasteiger partial charge is 0.323 e. The molecule has 0 saturated carbocycles. The lowest BCUT2D eigenvalue weighted by Crippen LogP contribution is -2.41. The van der Waals surface area contributed by atoms with Gasteiger partial charge in [-0.3, -0.25) is 19.7 Å². The maximum Gasteiger partial charge on any atom is 0.323 e. The molecule has 0 radical (unpaired) electrons. The Hall–Kier alpha value is -2.65. The van der Waals surface area contributed by atoms with Crippen LogP contribution in [-0.4, -0.2) is 61.5 Å². The van der Waals surface area contributed by atoms with Crippen LogP contribution < -0.4 is 15.4 Å². The van der Waals surface area contributed by atoms with E-state index in [4.69, 9.17) is 4.74 Å². The highest BCUT2D eigenvalue weighted by molar-refractivity contribution is 5.89. The van der Waals surface area contributed by atoms with E-state index in [1.807, 2.05) is 0 Å². The number of carbonyl (C=O) groups excluding carboxylic acids is 1. The molecule has 1 aromatic carbocycles. The molecular formula is C19H26N2O7. The Morgan fingerprint density at radius 3 is 1.93 bits per heavy atom. The molecular weight excluding hydrogens is 368 g/mol. The molecule has 1 aromatic rings. The lowest BCUT2D eigenvalue weighted by Gasteiger charge is -2.18. The number of methoxy groups -OCH3 is 2. The number of rotatable bonds is 5. The molecule has 0 amide bonds. The second-order valence-electron chi connectivity index (χ2n) is 6.60. The summed E-state index contributed by atoms with van der Waals surface area (Å²) in [6.07, 6.45) is 2.78. The molecule has 0 bridgehead atoms. The van der Waals surface area contributed by atoms with Crippen LogP contribution >= 0.6 is 0 Å². The van der Waals surface area contributed by atoms with Gasteiger partial charge in [0, 0.05) is 6.04 Å². The molecule has 0 aromatic heterocycles. The van der Waals surface area contributed by atoms with Crippen LogP contribution in [0.4, 0.5) is 0 Å². The molecule has 4 unspecified atom stereocenters. The number of carbonyl (C=O) groups is 3. The predicted molar refractivity (Wildman–Crippen MR) is 99.0 cm³/mol. The van der Waals surface area contributed by atoms with E-state index in [0.29, 0.717) is 11.3 Å². The monoisotopic (exact) mass is 394 g/mol. The second kappa shape index (κ2) is 10.0. The summed E-state index contributed by atoms with van der Waals surface area (Å²) in [4.78, 5) is 34.9. The quantitative estimate of drug-likeness (QED) is 0.531. The molecule has 2 aliphatic heterocycles. The molecule has 28 heavy (non-hydrogen) atoms. The number of esters is 1. The minimum absolute atomic E-state index is 0.552. The maximum atomic E-state index is 11.8. The Morgan fingerprint density at radius 2 is 1.54 bits per heavy atom. The zero-order chi connectivity index (χ0) is 20.7. The van der Waals surface area contributed by atoms with Gasteiger partial charge in [0.25, 0.3) is 0 Å². The van der Waals surface area contributed by atoms with Crippen molar-refractivity contribution in [2.75, 3.05) is 27.3 Å². The standard InChI is InChI=1S/C15H17NO7.C4H9N/c1-22-8-5-3-7(4-6-8)11-9(13(17)18)10(14(19)20)12(16-11)15(21)23-2;1-2-4-5-3-1/h3-6,9-12,16H,1-2H3,(H,17,18)(H,19,20);5H,1-4H2. The molecule has 3 rings (SSSR count). The topological polar surface area (TPSA) is 134 Å². The Bertz CT molecular complexity index is 680. The van der Waals surface area contributed by atoms with Gasteiger partial charge in [-0.1, -0.05) is 12.1 Å². The summed E-state index contributed by atoms with van der Waals surface area (Å²) in [6, 6.07) is 4.47. The van der Waals surface area contributed by atoms with Crippen LogP contribution in [0.1, 0.15) is 24.4 Å². The fourth-order valence-corrected chi connectivity index (χ4v) is 3.49. The van der Waals surface area contributed by atoms with Gasteiger partial charge in [0.15, 0.2) is 0 Å². The Balaban J connectivity index is 0.000000485. The normalized spacial score (nSPS) is 26.1. The summed E-state index contributed by atoms with van der Waals surface area (Å²) < 4.78 is 9.62. The van der Waals surface area contributed by atoms with Gasteiger partial charge in [-0.05, 0) is 43.6 Å². The molecule has 9 nitrogen and oxygen atoms in total. The van der Waals surface area contributed by atoms with Crippen molar-refractivity contribution >= 4 is 17.9 Å². The Kier molecular flexibility index (Phi) is 7.77. The van der Waals surface area contributed by atoms with E-state index in [-0.39, 0.29) is 0 Å². The van der Waals surface area contributed by atoms with Crippen molar-refractivity contribution in [2.45, 2.75) is 24.9 Å². The number of nitrogens with one attached hydrogen (secondary N) is 2. The molecule has 2 heterocycles. The van der Waals surface area contributed by atoms with Crippen LogP contribution in [0.25, 0.3) is 0 Å². The first-order chi connectivity index (χ1) is 13.4. The van der Waals surface area contributed by atoms with Crippen molar-refractivity contribution in [1.82, 2.24) is 10.6 Å². The first-order valence-electron chi connectivity index (χ1n) is 9.04. The van der Waals surface area contributed by atoms with Crippen molar-refractivity contribution < 1.29 is 34.1 Å². The van der Waals surface area contributed by atoms with Gasteiger partial charge < -0.3 is 25.0 Å². The third kappa shape index (κ3) is 4.99. The first kappa shape index (κ1) is 21.6. The third-order valence-electron chi connectivity index (χ3n) is 4.92. The van der Waals surface area contributed by atoms with E-state index in [1.54, 1.807) is 24.3 Å². The van der Waals surface area contributed by atoms with Crippen LogP contribution in [0.5, 0.6) is 5.75 Å². The van der Waals surface area contributed by atoms with Crippen LogP contribution in [0.2, 0.25) is 0 Å². The number of hydrogen-bond donors (Lipinski definition) is 4. The first-order valence-corrected chi connectivity index (χ1v) is 9.04. The highest BCUT2D eigenvalue weighted by atomic mass is 16.5. The molecule has 2 fully saturated rings. The van der Waals surface area contributed by atoms with Gasteiger partial charge in [0.05, 0.1) is 26.1 Å². The SMILES string of the molecule is C1CCNC1.COC(=O)C1NC(c2ccc(OC)cc2)C(C(=O)O)C1C(=O)O. The average molecular weight is 394 g/mol. The van der Waals surface area contributed by atoms with Crippen molar-refractivity contribution in [3.05, 3.63) is 29.8 Å². The summed E-state index contributed by atoms with van der Waals surface area (Å²) in [5, 5.41) is 24.8. The van der Waals surface area contributed by atoms with Crippen molar-refractivity contribution in [2.24, 2.45) is 11.8 Å². The van der Waals surface area contributed by atoms with Crippen LogP contribution in [0.3, 0.4) is 0 Å². The fraction of sp³-hybridized carbons (Fsp3) is 0.526. The van der Waals surface area contributed by atoms with E-state index in [1.165, 1.54) is 33.0 Å². The molecule has 4 N–H and O–H groups in total. The molecule has 9 heteroatoms. The van der Waals surface area contributed by atoms with Gasteiger partial charge in [0.2, 0.25) is 0 Å². The van der Waals surface area contributed by atoms with Gasteiger partial charge in [-0.2, -0.15) is 0 Å². The summed E-state index contributed by atoms with van der Waals surface area (Å²) in [7, 11) is 2.62. The fourth-order valence-electron chi connectivity index (χ4n) is 3.49. The zero-order valence-electron chi connectivity index (χ0n) is 15.9. The summed E-state index contributed by atoms with van der Waals surface area (Å²) in [5.74, 6) is -5.61. The molecule has 0 spiro atoms. The Labute approximate surface area is 163 Å². The van der Waals surface area contributed by atoms with Gasteiger partial charge in [0.1, 0.15) is 11.8 Å². The number of hydrogen-bond acceptors (Lipinski definition) is 7. The molecule has 2 aliphatic rings. The third-order valence-corrected chi connectivity index (χ3v) is 4.92. The van der Waals surface area contributed by atoms with Gasteiger partial charge >= 0.3 is 17.9 Å². The minimum Gasteiger partial charge on any atom is -0.497 e. The van der Waals surface area contributed by atoms with E-state index < -0.39 is 41.8 Å². The summed E-state index contributed by atoms with van der Waals surface area (Å²) in [6.45, 7) is 2.50. The lowest BCUT2D eigenvalue weighted by molar-refractivity contribution is -0.156. The van der Waals surface area contributed by atoms with Crippen molar-refractivity contribution in [3.8, 4) is 5.75 Å². The summed E-state index contributed by atoms with van der Waals surface area (Å²) in [5.41, 5.74) is 0.552. The Morgan fingerprint density at radius 1 is 0.964 bits per heavy atom. The van der Waals surface area contributed by atoms with Gasteiger partial charge in [-0.25, -0.2) is 0 Å². The highest BCUT2D eigenvalue weighted by Crippen LogP contribution is 2.38. The number of ether oxygens (including phenoxy) is 2. The largest absolute Gasteiger partial charge is 0.497 e. The minimum atomic E-state index is -1.42. The van der Waals surface area contributed by atoms with Gasteiger partial charge in [-0.15, -0.1) is 0 Å². The number of carboxylic acids is 2. The lowest BCUT2D eigenvalue weighted by atomic mass is 9.84. The maximum absolute atomic E-state index is 11.8. The van der Waals surface area contributed by atoms with Crippen LogP contribution in [-0.2, 0) is 19.1 Å². The predicted octanol–water partition coefficient (Wildman–Crippen LogP) is 0.653. The summed E-state index contributed by atoms with van der Waals surface area (Å²) >= 11 is 0. The molecule has 0 aliphatic carbocycles. The van der Waals surface area contributed by atoms with E-state index >= 15 is 0 Å². The molecule has 154 valence electrons. The van der Waals surface area contributed by atoms with Crippen LogP contribution in [0, 0.1) is 11.8 Å². The molecule has 4 atom stereocenters. The highest BCUT2D eigenvalue weighted by Gasteiger charge is 2.54. The average Bonchev–Trinajstić information content (AvgIpc) is 3.38. The zero-order valence-corrected chi connectivity index (χ0v) is 15.9. The van der Waals surface area contributed by atoms with Crippen molar-refractivity contribution in [1.29, 1.82) is 0 Å². The number of aliphatic carboxylic acids is 2. The number of benzene rings is 1. The van der Waals surface area contributed by atoms with Crippen molar-refractivity contribution in [3.63, 3.8) is 0 Å². The van der Waals surface area contributed by atoms with E-state index in [0.717, 1.165) is 7.11 Å². The molecule has 2 saturated heterocycles.